The summed E-state index contributed by atoms with van der Waals surface area (Å²) in [6.45, 7) is 2.17. The number of rotatable bonds is 3. The first kappa shape index (κ1) is 18.2. The van der Waals surface area contributed by atoms with Gasteiger partial charge in [-0.15, -0.1) is 0 Å². The van der Waals surface area contributed by atoms with Crippen molar-refractivity contribution in [3.63, 3.8) is 0 Å². The second-order valence-electron chi connectivity index (χ2n) is 6.44. The number of nitrogens with zero attached hydrogens (tertiary/aromatic N) is 3. The third-order valence-electron chi connectivity index (χ3n) is 4.36. The lowest BCUT2D eigenvalue weighted by atomic mass is 10.1. The maximum atomic E-state index is 13.3. The highest BCUT2D eigenvalue weighted by Crippen LogP contribution is 2.22. The fraction of sp³-hybridized carbons (Fsp3) is 0.150. The Morgan fingerprint density at radius 3 is 2.61 bits per heavy atom. The smallest absolute Gasteiger partial charge is 0.257 e. The minimum atomic E-state index is -0.554. The molecule has 2 heterocycles. The van der Waals surface area contributed by atoms with Crippen LogP contribution in [0.2, 0.25) is 5.02 Å². The Balaban J connectivity index is 1.71. The van der Waals surface area contributed by atoms with E-state index in [9.17, 15) is 9.18 Å². The van der Waals surface area contributed by atoms with Crippen molar-refractivity contribution in [3.8, 4) is 0 Å². The molecule has 142 valence electrons. The number of benzene rings is 2. The number of guanidine groups is 1. The van der Waals surface area contributed by atoms with E-state index in [0.29, 0.717) is 29.2 Å². The van der Waals surface area contributed by atoms with Crippen LogP contribution in [0.5, 0.6) is 0 Å². The van der Waals surface area contributed by atoms with E-state index in [1.54, 1.807) is 31.2 Å². The molecule has 4 rings (SSSR count). The quantitative estimate of drug-likeness (QED) is 0.710. The molecule has 3 aromatic rings. The van der Waals surface area contributed by atoms with Gasteiger partial charge in [0.1, 0.15) is 12.0 Å². The van der Waals surface area contributed by atoms with E-state index in [1.165, 1.54) is 22.8 Å². The molecule has 0 unspecified atom stereocenters. The predicted molar refractivity (Wildman–Crippen MR) is 107 cm³/mol. The summed E-state index contributed by atoms with van der Waals surface area (Å²) in [7, 11) is 0. The number of halogens is 2. The van der Waals surface area contributed by atoms with Gasteiger partial charge in [-0.2, -0.15) is 0 Å². The molecule has 0 fully saturated rings. The molecular formula is C20H17ClFN5O. The van der Waals surface area contributed by atoms with Crippen LogP contribution in [-0.2, 0) is 6.54 Å². The highest BCUT2D eigenvalue weighted by molar-refractivity contribution is 6.30. The summed E-state index contributed by atoms with van der Waals surface area (Å²) in [6, 6.07) is 14.8. The highest BCUT2D eigenvalue weighted by Gasteiger charge is 2.26. The molecule has 8 heteroatoms. The summed E-state index contributed by atoms with van der Waals surface area (Å²) >= 11 is 5.92. The van der Waals surface area contributed by atoms with Gasteiger partial charge in [-0.1, -0.05) is 35.9 Å². The van der Waals surface area contributed by atoms with Gasteiger partial charge in [-0.25, -0.2) is 14.4 Å². The molecule has 2 N–H and O–H groups in total. The van der Waals surface area contributed by atoms with Crippen molar-refractivity contribution in [1.29, 1.82) is 0 Å². The van der Waals surface area contributed by atoms with Gasteiger partial charge in [-0.05, 0) is 42.3 Å². The number of aromatic nitrogens is 2. The van der Waals surface area contributed by atoms with Crippen LogP contribution in [0.1, 0.15) is 23.0 Å². The van der Waals surface area contributed by atoms with Gasteiger partial charge < -0.3 is 5.32 Å². The summed E-state index contributed by atoms with van der Waals surface area (Å²) in [6.07, 6.45) is -0.554. The molecule has 0 radical (unpaired) electrons. The van der Waals surface area contributed by atoms with Gasteiger partial charge in [-0.3, -0.25) is 14.7 Å². The van der Waals surface area contributed by atoms with Gasteiger partial charge in [0.2, 0.25) is 5.95 Å². The van der Waals surface area contributed by atoms with Crippen LogP contribution in [0.4, 0.5) is 10.3 Å². The first-order chi connectivity index (χ1) is 13.5. The second-order valence-corrected chi connectivity index (χ2v) is 6.88. The van der Waals surface area contributed by atoms with Crippen LogP contribution in [0, 0.1) is 12.7 Å². The lowest BCUT2D eigenvalue weighted by Gasteiger charge is -2.31. The van der Waals surface area contributed by atoms with E-state index in [4.69, 9.17) is 11.6 Å². The number of hydrogen-bond acceptors (Lipinski definition) is 3. The van der Waals surface area contributed by atoms with Crippen molar-refractivity contribution < 1.29 is 4.39 Å². The Bertz CT molecular complexity index is 1090. The van der Waals surface area contributed by atoms with Gasteiger partial charge in [0.25, 0.3) is 5.56 Å². The molecule has 0 bridgehead atoms. The lowest BCUT2D eigenvalue weighted by molar-refractivity contribution is 0.513. The Morgan fingerprint density at radius 1 is 1.18 bits per heavy atom. The molecule has 1 aliphatic heterocycles. The number of hydrogen-bond donors (Lipinski definition) is 2. The Labute approximate surface area is 165 Å². The lowest BCUT2D eigenvalue weighted by Crippen LogP contribution is -2.48. The Hall–Kier alpha value is -3.19. The van der Waals surface area contributed by atoms with Crippen molar-refractivity contribution in [3.05, 3.63) is 92.6 Å². The molecule has 0 spiro atoms. The zero-order chi connectivity index (χ0) is 19.7. The number of nitrogens with one attached hydrogen (secondary N) is 2. The van der Waals surface area contributed by atoms with Crippen LogP contribution in [0.15, 0.2) is 64.4 Å². The summed E-state index contributed by atoms with van der Waals surface area (Å²) in [5, 5.41) is 6.92. The molecule has 28 heavy (non-hydrogen) atoms. The molecule has 1 aromatic heterocycles. The zero-order valence-electron chi connectivity index (χ0n) is 15.0. The monoisotopic (exact) mass is 397 g/mol. The number of aliphatic imine (C=N–C) groups is 1. The van der Waals surface area contributed by atoms with E-state index in [0.717, 1.165) is 11.1 Å². The molecule has 0 saturated carbocycles. The fourth-order valence-corrected chi connectivity index (χ4v) is 3.13. The van der Waals surface area contributed by atoms with Crippen molar-refractivity contribution >= 4 is 23.5 Å². The topological polar surface area (TPSA) is 71.3 Å². The zero-order valence-corrected chi connectivity index (χ0v) is 15.7. The molecule has 1 atom stereocenters. The molecule has 6 nitrogen and oxygen atoms in total. The molecular weight excluding hydrogens is 381 g/mol. The predicted octanol–water partition coefficient (Wildman–Crippen LogP) is 3.46. The first-order valence-electron chi connectivity index (χ1n) is 8.68. The summed E-state index contributed by atoms with van der Waals surface area (Å²) < 4.78 is 14.8. The largest absolute Gasteiger partial charge is 0.331 e. The summed E-state index contributed by atoms with van der Waals surface area (Å²) in [4.78, 5) is 21.6. The molecule has 2 aromatic carbocycles. The summed E-state index contributed by atoms with van der Waals surface area (Å²) in [5.74, 6) is 0.513. The molecule has 1 aliphatic rings. The minimum absolute atomic E-state index is 0.214. The maximum Gasteiger partial charge on any atom is 0.257 e. The van der Waals surface area contributed by atoms with Gasteiger partial charge in [0.05, 0.1) is 6.54 Å². The van der Waals surface area contributed by atoms with Crippen molar-refractivity contribution in [2.24, 2.45) is 4.99 Å². The standard InChI is InChI=1S/C20H17ClFN5O/c1-12-10-17(28)27-18(14-4-8-16(22)9-5-14)25-19(26-20(27)24-12)23-11-13-2-6-15(21)7-3-13/h2-10,18H,11H2,1H3,(H2,23,24,25,26)/t18-/m0/s1. The van der Waals surface area contributed by atoms with Crippen LogP contribution < -0.4 is 16.2 Å². The Morgan fingerprint density at radius 2 is 1.89 bits per heavy atom. The third kappa shape index (κ3) is 3.75. The maximum absolute atomic E-state index is 13.3. The third-order valence-corrected chi connectivity index (χ3v) is 4.61. The van der Waals surface area contributed by atoms with Crippen molar-refractivity contribution in [2.75, 3.05) is 5.32 Å². The van der Waals surface area contributed by atoms with Gasteiger partial charge in [0, 0.05) is 16.8 Å². The van der Waals surface area contributed by atoms with E-state index < -0.39 is 6.17 Å². The van der Waals surface area contributed by atoms with Crippen LogP contribution in [0.3, 0.4) is 0 Å². The molecule has 0 aliphatic carbocycles. The molecule has 0 saturated heterocycles. The fourth-order valence-electron chi connectivity index (χ4n) is 3.00. The average molecular weight is 398 g/mol. The SMILES string of the molecule is Cc1cc(=O)n2c(n1)NC(=NCc1ccc(Cl)cc1)N[C@@H]2c1ccc(F)cc1. The molecule has 0 amide bonds. The first-order valence-corrected chi connectivity index (χ1v) is 9.05. The van der Waals surface area contributed by atoms with Gasteiger partial charge in [0.15, 0.2) is 5.96 Å². The van der Waals surface area contributed by atoms with Crippen molar-refractivity contribution in [2.45, 2.75) is 19.6 Å². The Kier molecular flexibility index (Phi) is 4.83. The van der Waals surface area contributed by atoms with Crippen LogP contribution >= 0.6 is 11.6 Å². The highest BCUT2D eigenvalue weighted by atomic mass is 35.5. The van der Waals surface area contributed by atoms with Gasteiger partial charge >= 0.3 is 0 Å². The van der Waals surface area contributed by atoms with Crippen molar-refractivity contribution in [1.82, 2.24) is 14.9 Å². The van der Waals surface area contributed by atoms with Crippen LogP contribution in [-0.4, -0.2) is 15.5 Å². The van der Waals surface area contributed by atoms with Crippen LogP contribution in [0.25, 0.3) is 0 Å². The normalized spacial score (nSPS) is 17.0. The van der Waals surface area contributed by atoms with E-state index in [1.807, 2.05) is 12.1 Å². The van der Waals surface area contributed by atoms with E-state index >= 15 is 0 Å². The average Bonchev–Trinajstić information content (AvgIpc) is 2.67. The number of fused-ring (bicyclic) bond motifs is 1. The number of anilines is 1. The van der Waals surface area contributed by atoms with E-state index in [-0.39, 0.29) is 11.4 Å². The van der Waals surface area contributed by atoms with E-state index in [2.05, 4.69) is 20.6 Å². The summed E-state index contributed by atoms with van der Waals surface area (Å²) in [5.41, 5.74) is 2.09. The number of aryl methyl sites for hydroxylation is 1. The second kappa shape index (κ2) is 7.44. The minimum Gasteiger partial charge on any atom is -0.331 e.